The summed E-state index contributed by atoms with van der Waals surface area (Å²) in [6, 6.07) is 4.67. The van der Waals surface area contributed by atoms with Crippen LogP contribution in [0.4, 0.5) is 4.39 Å². The van der Waals surface area contributed by atoms with Crippen molar-refractivity contribution in [3.8, 4) is 0 Å². The van der Waals surface area contributed by atoms with Crippen LogP contribution in [0, 0.1) is 19.7 Å². The number of carbonyl (C=O) groups is 1. The van der Waals surface area contributed by atoms with Crippen LogP contribution in [0.3, 0.4) is 0 Å². The predicted molar refractivity (Wildman–Crippen MR) is 86.9 cm³/mol. The zero-order valence-electron chi connectivity index (χ0n) is 13.2. The number of aryl methyl sites for hydroxylation is 2. The molecule has 0 aliphatic carbocycles. The molecule has 1 aliphatic rings. The van der Waals surface area contributed by atoms with Crippen LogP contribution in [0.5, 0.6) is 0 Å². The third kappa shape index (κ3) is 3.58. The topological polar surface area (TPSA) is 55.1 Å². The largest absolute Gasteiger partial charge is 0.361 e. The van der Waals surface area contributed by atoms with Gasteiger partial charge in [-0.2, -0.15) is 0 Å². The van der Waals surface area contributed by atoms with Crippen molar-refractivity contribution in [1.82, 2.24) is 10.5 Å². The van der Waals surface area contributed by atoms with Crippen molar-refractivity contribution >= 4 is 17.7 Å². The summed E-state index contributed by atoms with van der Waals surface area (Å²) in [6.07, 6.45) is 1.79. The van der Waals surface area contributed by atoms with Crippen molar-refractivity contribution in [2.45, 2.75) is 44.0 Å². The lowest BCUT2D eigenvalue weighted by Gasteiger charge is -2.26. The number of nitrogens with zero attached hydrogens (tertiary/aromatic N) is 1. The number of hydrogen-bond acceptors (Lipinski definition) is 4. The number of rotatable bonds is 4. The maximum Gasteiger partial charge on any atom is 0.220 e. The molecule has 4 nitrogen and oxygen atoms in total. The van der Waals surface area contributed by atoms with E-state index in [1.54, 1.807) is 17.8 Å². The molecular formula is C17H19FN2O2S. The summed E-state index contributed by atoms with van der Waals surface area (Å²) in [5, 5.41) is 6.93. The first-order valence-electron chi connectivity index (χ1n) is 7.68. The average Bonchev–Trinajstić information content (AvgIpc) is 2.84. The van der Waals surface area contributed by atoms with Crippen molar-refractivity contribution < 1.29 is 13.7 Å². The summed E-state index contributed by atoms with van der Waals surface area (Å²) >= 11 is 1.70. The molecule has 1 aromatic carbocycles. The Morgan fingerprint density at radius 2 is 2.30 bits per heavy atom. The van der Waals surface area contributed by atoms with Crippen LogP contribution in [0.1, 0.15) is 41.5 Å². The molecule has 1 aromatic heterocycles. The first kappa shape index (κ1) is 16.1. The molecule has 1 atom stereocenters. The molecule has 0 spiro atoms. The molecule has 0 saturated heterocycles. The first-order valence-corrected chi connectivity index (χ1v) is 8.66. The monoisotopic (exact) mass is 334 g/mol. The minimum Gasteiger partial charge on any atom is -0.361 e. The van der Waals surface area contributed by atoms with Gasteiger partial charge < -0.3 is 9.84 Å². The van der Waals surface area contributed by atoms with Gasteiger partial charge in [-0.3, -0.25) is 4.79 Å². The lowest BCUT2D eigenvalue weighted by Crippen LogP contribution is -2.30. The van der Waals surface area contributed by atoms with Gasteiger partial charge in [0.15, 0.2) is 0 Å². The Balaban J connectivity index is 1.64. The van der Waals surface area contributed by atoms with Gasteiger partial charge >= 0.3 is 0 Å². The van der Waals surface area contributed by atoms with E-state index >= 15 is 0 Å². The van der Waals surface area contributed by atoms with Crippen LogP contribution in [0.25, 0.3) is 0 Å². The highest BCUT2D eigenvalue weighted by atomic mass is 32.2. The highest BCUT2D eigenvalue weighted by Gasteiger charge is 2.23. The number of carbonyl (C=O) groups excluding carboxylic acids is 1. The van der Waals surface area contributed by atoms with E-state index in [1.165, 1.54) is 12.1 Å². The molecule has 0 bridgehead atoms. The first-order chi connectivity index (χ1) is 11.0. The quantitative estimate of drug-likeness (QED) is 0.926. The lowest BCUT2D eigenvalue weighted by molar-refractivity contribution is -0.121. The SMILES string of the molecule is Cc1noc(C)c1CCC(=O)NC1CCSc2ccc(F)cc21. The average molecular weight is 334 g/mol. The van der Waals surface area contributed by atoms with E-state index in [2.05, 4.69) is 10.5 Å². The number of halogens is 1. The number of amides is 1. The van der Waals surface area contributed by atoms with Gasteiger partial charge in [-0.25, -0.2) is 4.39 Å². The molecule has 0 fully saturated rings. The summed E-state index contributed by atoms with van der Waals surface area (Å²) in [4.78, 5) is 13.3. The van der Waals surface area contributed by atoms with Crippen LogP contribution in [-0.2, 0) is 11.2 Å². The predicted octanol–water partition coefficient (Wildman–Crippen LogP) is 3.72. The van der Waals surface area contributed by atoms with Crippen molar-refractivity contribution in [3.63, 3.8) is 0 Å². The number of benzene rings is 1. The zero-order valence-corrected chi connectivity index (χ0v) is 14.0. The van der Waals surface area contributed by atoms with E-state index in [-0.39, 0.29) is 17.8 Å². The molecule has 1 N–H and O–H groups in total. The summed E-state index contributed by atoms with van der Waals surface area (Å²) in [6.45, 7) is 3.73. The van der Waals surface area contributed by atoms with Gasteiger partial charge in [-0.15, -0.1) is 11.8 Å². The van der Waals surface area contributed by atoms with Gasteiger partial charge in [0.25, 0.3) is 0 Å². The highest BCUT2D eigenvalue weighted by molar-refractivity contribution is 7.99. The van der Waals surface area contributed by atoms with Gasteiger partial charge in [0.1, 0.15) is 11.6 Å². The maximum atomic E-state index is 13.5. The molecule has 3 rings (SSSR count). The van der Waals surface area contributed by atoms with Gasteiger partial charge in [0.05, 0.1) is 11.7 Å². The number of nitrogens with one attached hydrogen (secondary N) is 1. The van der Waals surface area contributed by atoms with Crippen molar-refractivity contribution in [2.75, 3.05) is 5.75 Å². The van der Waals surface area contributed by atoms with Crippen LogP contribution in [0.15, 0.2) is 27.6 Å². The van der Waals surface area contributed by atoms with Crippen LogP contribution in [0.2, 0.25) is 0 Å². The summed E-state index contributed by atoms with van der Waals surface area (Å²) in [5.74, 6) is 1.39. The second-order valence-corrected chi connectivity index (χ2v) is 6.88. The molecule has 1 amide bonds. The van der Waals surface area contributed by atoms with E-state index in [4.69, 9.17) is 4.52 Å². The van der Waals surface area contributed by atoms with E-state index < -0.39 is 0 Å². The standard InChI is InChI=1S/C17H19FN2O2S/c1-10-13(11(2)22-20-10)4-6-17(21)19-15-7-8-23-16-5-3-12(18)9-14(15)16/h3,5,9,15H,4,6-8H2,1-2H3,(H,19,21). The molecule has 1 aliphatic heterocycles. The number of thioether (sulfide) groups is 1. The molecular weight excluding hydrogens is 315 g/mol. The van der Waals surface area contributed by atoms with Crippen LogP contribution in [-0.4, -0.2) is 16.8 Å². The van der Waals surface area contributed by atoms with Gasteiger partial charge in [-0.05, 0) is 50.5 Å². The second kappa shape index (κ2) is 6.74. The summed E-state index contributed by atoms with van der Waals surface area (Å²) in [5.41, 5.74) is 2.70. The van der Waals surface area contributed by atoms with Gasteiger partial charge in [0, 0.05) is 22.6 Å². The van der Waals surface area contributed by atoms with Gasteiger partial charge in [-0.1, -0.05) is 5.16 Å². The Labute approximate surface area is 138 Å². The smallest absolute Gasteiger partial charge is 0.220 e. The maximum absolute atomic E-state index is 13.5. The van der Waals surface area contributed by atoms with Crippen molar-refractivity contribution in [2.24, 2.45) is 0 Å². The Kier molecular flexibility index (Phi) is 4.71. The van der Waals surface area contributed by atoms with Crippen LogP contribution < -0.4 is 5.32 Å². The Morgan fingerprint density at radius 1 is 1.48 bits per heavy atom. The van der Waals surface area contributed by atoms with Crippen molar-refractivity contribution in [1.29, 1.82) is 0 Å². The summed E-state index contributed by atoms with van der Waals surface area (Å²) < 4.78 is 18.6. The second-order valence-electron chi connectivity index (χ2n) is 5.74. The lowest BCUT2D eigenvalue weighted by atomic mass is 10.0. The molecule has 23 heavy (non-hydrogen) atoms. The van der Waals surface area contributed by atoms with E-state index in [9.17, 15) is 9.18 Å². The number of hydrogen-bond donors (Lipinski definition) is 1. The minimum atomic E-state index is -0.263. The minimum absolute atomic E-state index is 0.0305. The van der Waals surface area contributed by atoms with E-state index in [1.807, 2.05) is 13.8 Å². The third-order valence-electron chi connectivity index (χ3n) is 4.13. The molecule has 122 valence electrons. The molecule has 0 saturated carbocycles. The Bertz CT molecular complexity index is 710. The fraction of sp³-hybridized carbons (Fsp3) is 0.412. The number of fused-ring (bicyclic) bond motifs is 1. The highest BCUT2D eigenvalue weighted by Crippen LogP contribution is 2.36. The van der Waals surface area contributed by atoms with Gasteiger partial charge in [0.2, 0.25) is 5.91 Å². The molecule has 0 radical (unpaired) electrons. The van der Waals surface area contributed by atoms with E-state index in [0.717, 1.165) is 39.7 Å². The summed E-state index contributed by atoms with van der Waals surface area (Å²) in [7, 11) is 0. The molecule has 2 aromatic rings. The fourth-order valence-corrected chi connectivity index (χ4v) is 3.98. The molecule has 2 heterocycles. The molecule has 1 unspecified atom stereocenters. The van der Waals surface area contributed by atoms with E-state index in [0.29, 0.717) is 12.8 Å². The number of aromatic nitrogens is 1. The Morgan fingerprint density at radius 3 is 3.04 bits per heavy atom. The normalized spacial score (nSPS) is 16.9. The fourth-order valence-electron chi connectivity index (χ4n) is 2.88. The van der Waals surface area contributed by atoms with Crippen LogP contribution >= 0.6 is 11.8 Å². The van der Waals surface area contributed by atoms with Crippen molar-refractivity contribution in [3.05, 3.63) is 46.6 Å². The molecule has 6 heteroatoms. The Hall–Kier alpha value is -1.82. The third-order valence-corrected chi connectivity index (χ3v) is 5.25. The zero-order chi connectivity index (χ0) is 16.4.